The largest absolute Gasteiger partial charge is 0.493 e. The van der Waals surface area contributed by atoms with Gasteiger partial charge >= 0.3 is 0 Å². The molecule has 2 aromatic rings. The summed E-state index contributed by atoms with van der Waals surface area (Å²) in [6.45, 7) is 7.31. The van der Waals surface area contributed by atoms with Gasteiger partial charge in [0.25, 0.3) is 5.91 Å². The van der Waals surface area contributed by atoms with Crippen LogP contribution in [0.4, 0.5) is 11.4 Å². The molecule has 1 aliphatic rings. The number of anilines is 2. The number of rotatable bonds is 8. The fourth-order valence-corrected chi connectivity index (χ4v) is 3.46. The van der Waals surface area contributed by atoms with E-state index in [4.69, 9.17) is 9.47 Å². The number of hydrogen-bond acceptors (Lipinski definition) is 5. The van der Waals surface area contributed by atoms with E-state index in [1.165, 1.54) is 5.56 Å². The number of allylic oxidation sites excluding steroid dienone is 1. The summed E-state index contributed by atoms with van der Waals surface area (Å²) < 4.78 is 10.8. The maximum Gasteiger partial charge on any atom is 0.258 e. The van der Waals surface area contributed by atoms with Gasteiger partial charge in [-0.05, 0) is 51.1 Å². The van der Waals surface area contributed by atoms with Crippen LogP contribution in [-0.2, 0) is 11.3 Å². The Morgan fingerprint density at radius 2 is 1.73 bits per heavy atom. The van der Waals surface area contributed by atoms with Gasteiger partial charge in [0.2, 0.25) is 0 Å². The lowest BCUT2D eigenvalue weighted by Gasteiger charge is -2.21. The van der Waals surface area contributed by atoms with Gasteiger partial charge in [0.1, 0.15) is 0 Å². The van der Waals surface area contributed by atoms with E-state index < -0.39 is 0 Å². The first-order valence-electron chi connectivity index (χ1n) is 10.2. The van der Waals surface area contributed by atoms with E-state index in [9.17, 15) is 4.79 Å². The number of carbonyl (C=O) groups is 1. The minimum Gasteiger partial charge on any atom is -0.493 e. The third kappa shape index (κ3) is 4.44. The number of methoxy groups -OCH3 is 2. The van der Waals surface area contributed by atoms with Crippen LogP contribution in [-0.4, -0.2) is 38.1 Å². The summed E-state index contributed by atoms with van der Waals surface area (Å²) in [7, 11) is 5.30. The highest BCUT2D eigenvalue weighted by Gasteiger charge is 2.29. The van der Waals surface area contributed by atoms with Crippen molar-refractivity contribution in [2.24, 2.45) is 0 Å². The quantitative estimate of drug-likeness (QED) is 0.617. The first-order chi connectivity index (χ1) is 14.4. The molecule has 2 aromatic carbocycles. The molecule has 6 heteroatoms. The van der Waals surface area contributed by atoms with E-state index in [0.717, 1.165) is 29.2 Å². The van der Waals surface area contributed by atoms with E-state index in [1.54, 1.807) is 20.3 Å². The Labute approximate surface area is 178 Å². The predicted molar refractivity (Wildman–Crippen MR) is 122 cm³/mol. The van der Waals surface area contributed by atoms with Gasteiger partial charge in [-0.15, -0.1) is 0 Å². The molecule has 0 unspecified atom stereocenters. The van der Waals surface area contributed by atoms with Crippen LogP contribution in [0.25, 0.3) is 5.57 Å². The molecule has 160 valence electrons. The highest BCUT2D eigenvalue weighted by Crippen LogP contribution is 2.42. The Kier molecular flexibility index (Phi) is 6.67. The van der Waals surface area contributed by atoms with Crippen molar-refractivity contribution >= 4 is 22.9 Å². The summed E-state index contributed by atoms with van der Waals surface area (Å²) in [6, 6.07) is 12.5. The Balaban J connectivity index is 1.90. The van der Waals surface area contributed by atoms with Crippen LogP contribution in [0.3, 0.4) is 0 Å². The third-order valence-corrected chi connectivity index (χ3v) is 5.49. The second kappa shape index (κ2) is 9.22. The number of ether oxygens (including phenoxy) is 2. The minimum atomic E-state index is -0.125. The number of fused-ring (bicyclic) bond motifs is 1. The van der Waals surface area contributed by atoms with E-state index in [2.05, 4.69) is 60.7 Å². The van der Waals surface area contributed by atoms with Gasteiger partial charge in [-0.25, -0.2) is 0 Å². The summed E-state index contributed by atoms with van der Waals surface area (Å²) in [5, 5.41) is 6.38. The van der Waals surface area contributed by atoms with E-state index in [0.29, 0.717) is 29.5 Å². The number of carbonyl (C=O) groups excluding carboxylic acids is 1. The van der Waals surface area contributed by atoms with Crippen LogP contribution in [0.15, 0.2) is 42.1 Å². The second-order valence-electron chi connectivity index (χ2n) is 7.74. The zero-order valence-electron chi connectivity index (χ0n) is 18.6. The molecule has 0 saturated carbocycles. The highest BCUT2D eigenvalue weighted by atomic mass is 16.5. The molecule has 0 atom stereocenters. The van der Waals surface area contributed by atoms with E-state index >= 15 is 0 Å². The standard InChI is InChI=1S/C24H31N3O3/c1-7-19(25-17-10-8-16(9-11-17)14-27(4)15(2)3)23-18-12-21(29-5)22(30-6)13-20(18)26-24(23)28/h8-13,15,25H,7,14H2,1-6H3,(H,26,28)/b23-19-. The first-order valence-corrected chi connectivity index (χ1v) is 10.2. The molecular formula is C24H31N3O3. The smallest absolute Gasteiger partial charge is 0.258 e. The normalized spacial score (nSPS) is 14.6. The highest BCUT2D eigenvalue weighted by molar-refractivity contribution is 6.32. The maximum absolute atomic E-state index is 12.8. The van der Waals surface area contributed by atoms with Crippen LogP contribution in [0.2, 0.25) is 0 Å². The van der Waals surface area contributed by atoms with Crippen molar-refractivity contribution in [2.75, 3.05) is 31.9 Å². The molecule has 0 radical (unpaired) electrons. The molecule has 0 fully saturated rings. The third-order valence-electron chi connectivity index (χ3n) is 5.49. The topological polar surface area (TPSA) is 62.8 Å². The Morgan fingerprint density at radius 1 is 1.10 bits per heavy atom. The van der Waals surface area contributed by atoms with Crippen molar-refractivity contribution in [3.05, 3.63) is 53.2 Å². The monoisotopic (exact) mass is 409 g/mol. The van der Waals surface area contributed by atoms with Crippen molar-refractivity contribution in [2.45, 2.75) is 39.8 Å². The van der Waals surface area contributed by atoms with Gasteiger partial charge in [-0.2, -0.15) is 0 Å². The Bertz CT molecular complexity index is 949. The summed E-state index contributed by atoms with van der Waals surface area (Å²) in [5.41, 5.74) is 5.26. The van der Waals surface area contributed by atoms with Gasteiger partial charge in [0.05, 0.1) is 25.5 Å². The molecule has 1 aliphatic heterocycles. The average Bonchev–Trinajstić information content (AvgIpc) is 3.06. The lowest BCUT2D eigenvalue weighted by molar-refractivity contribution is -0.110. The lowest BCUT2D eigenvalue weighted by atomic mass is 10.0. The van der Waals surface area contributed by atoms with Crippen molar-refractivity contribution in [3.63, 3.8) is 0 Å². The minimum absolute atomic E-state index is 0.125. The van der Waals surface area contributed by atoms with Crippen molar-refractivity contribution in [1.29, 1.82) is 0 Å². The lowest BCUT2D eigenvalue weighted by Crippen LogP contribution is -2.25. The summed E-state index contributed by atoms with van der Waals surface area (Å²) >= 11 is 0. The van der Waals surface area contributed by atoms with Crippen molar-refractivity contribution < 1.29 is 14.3 Å². The van der Waals surface area contributed by atoms with Crippen LogP contribution < -0.4 is 20.1 Å². The Hall–Kier alpha value is -2.99. The first kappa shape index (κ1) is 21.7. The molecule has 30 heavy (non-hydrogen) atoms. The molecule has 1 heterocycles. The molecule has 0 aliphatic carbocycles. The fraction of sp³-hybridized carbons (Fsp3) is 0.375. The fourth-order valence-electron chi connectivity index (χ4n) is 3.46. The Morgan fingerprint density at radius 3 is 2.30 bits per heavy atom. The SMILES string of the molecule is CC/C(Nc1ccc(CN(C)C(C)C)cc1)=C1/C(=O)Nc2cc(OC)c(OC)cc21. The summed E-state index contributed by atoms with van der Waals surface area (Å²) in [6.07, 6.45) is 0.689. The maximum atomic E-state index is 12.8. The van der Waals surface area contributed by atoms with Gasteiger partial charge in [-0.3, -0.25) is 9.69 Å². The molecule has 0 bridgehead atoms. The predicted octanol–water partition coefficient (Wildman–Crippen LogP) is 4.73. The molecule has 3 rings (SSSR count). The van der Waals surface area contributed by atoms with Gasteiger partial charge < -0.3 is 20.1 Å². The number of nitrogens with zero attached hydrogens (tertiary/aromatic N) is 1. The average molecular weight is 410 g/mol. The number of benzene rings is 2. The van der Waals surface area contributed by atoms with E-state index in [1.807, 2.05) is 13.0 Å². The van der Waals surface area contributed by atoms with Crippen molar-refractivity contribution in [1.82, 2.24) is 4.90 Å². The molecule has 6 nitrogen and oxygen atoms in total. The summed E-state index contributed by atoms with van der Waals surface area (Å²) in [5.74, 6) is 1.06. The molecule has 0 saturated heterocycles. The number of hydrogen-bond donors (Lipinski definition) is 2. The van der Waals surface area contributed by atoms with Gasteiger partial charge in [-0.1, -0.05) is 19.1 Å². The summed E-state index contributed by atoms with van der Waals surface area (Å²) in [4.78, 5) is 15.1. The van der Waals surface area contributed by atoms with Gasteiger partial charge in [0.15, 0.2) is 11.5 Å². The van der Waals surface area contributed by atoms with Crippen LogP contribution in [0.5, 0.6) is 11.5 Å². The molecule has 0 aromatic heterocycles. The number of amides is 1. The molecule has 0 spiro atoms. The van der Waals surface area contributed by atoms with Gasteiger partial charge in [0, 0.05) is 35.6 Å². The molecule has 1 amide bonds. The molecule has 2 N–H and O–H groups in total. The number of nitrogens with one attached hydrogen (secondary N) is 2. The van der Waals surface area contributed by atoms with Crippen LogP contribution in [0.1, 0.15) is 38.3 Å². The molecular weight excluding hydrogens is 378 g/mol. The van der Waals surface area contributed by atoms with Crippen molar-refractivity contribution in [3.8, 4) is 11.5 Å². The zero-order valence-corrected chi connectivity index (χ0v) is 18.6. The zero-order chi connectivity index (χ0) is 21.8. The van der Waals surface area contributed by atoms with E-state index in [-0.39, 0.29) is 5.91 Å². The second-order valence-corrected chi connectivity index (χ2v) is 7.74. The van der Waals surface area contributed by atoms with Crippen LogP contribution >= 0.6 is 0 Å². The van der Waals surface area contributed by atoms with Crippen LogP contribution in [0, 0.1) is 0 Å².